The van der Waals surface area contributed by atoms with Crippen molar-refractivity contribution in [3.63, 3.8) is 0 Å². The van der Waals surface area contributed by atoms with Gasteiger partial charge in [-0.1, -0.05) is 19.7 Å². The largest absolute Gasteiger partial charge is 3.00 e. The molecule has 0 heterocycles. The topological polar surface area (TPSA) is 141 Å². The third kappa shape index (κ3) is 45.7. The quantitative estimate of drug-likeness (QED) is 0.578. The second-order valence-electron chi connectivity index (χ2n) is 3.20. The van der Waals surface area contributed by atoms with E-state index in [1.54, 1.807) is 0 Å². The molecule has 0 atom stereocenters. The van der Waals surface area contributed by atoms with Gasteiger partial charge in [-0.25, -0.2) is 0 Å². The minimum atomic E-state index is -1.19. The van der Waals surface area contributed by atoms with Crippen molar-refractivity contribution in [2.75, 3.05) is 0 Å². The van der Waals surface area contributed by atoms with Gasteiger partial charge >= 0.3 is 17.4 Å². The van der Waals surface area contributed by atoms with E-state index in [1.807, 2.05) is 0 Å². The van der Waals surface area contributed by atoms with Crippen LogP contribution in [0.1, 0.15) is 20.8 Å². The Morgan fingerprint density at radius 1 is 0.714 bits per heavy atom. The van der Waals surface area contributed by atoms with E-state index in [-0.39, 0.29) is 34.1 Å². The maximum atomic E-state index is 9.49. The molecule has 7 nitrogen and oxygen atoms in total. The number of rotatable bonds is 3. The smallest absolute Gasteiger partial charge is 0.545 e. The summed E-state index contributed by atoms with van der Waals surface area (Å²) in [7, 11) is 0. The number of carbonyl (C=O) groups excluding carboxylic acids is 3. The van der Waals surface area contributed by atoms with Crippen molar-refractivity contribution < 1.29 is 51.7 Å². The predicted molar refractivity (Wildman–Crippen MR) is 67.5 cm³/mol. The van der Waals surface area contributed by atoms with Gasteiger partial charge in [0.2, 0.25) is 0 Å². The van der Waals surface area contributed by atoms with Crippen molar-refractivity contribution in [1.29, 1.82) is 0 Å². The summed E-state index contributed by atoms with van der Waals surface area (Å²) in [5, 5.41) is 28.5. The van der Waals surface area contributed by atoms with Gasteiger partial charge in [-0.15, -0.1) is 0 Å². The first-order valence-corrected chi connectivity index (χ1v) is 5.04. The maximum Gasteiger partial charge on any atom is 3.00 e. The minimum absolute atomic E-state index is 0. The maximum absolute atomic E-state index is 9.49. The molecule has 1 N–H and O–H groups in total. The first-order valence-electron chi connectivity index (χ1n) is 4.70. The zero-order valence-electron chi connectivity index (χ0n) is 11.8. The summed E-state index contributed by atoms with van der Waals surface area (Å²) in [4.78, 5) is 28.5. The average molecular weight is 360 g/mol. The normalized spacial score (nSPS) is 6.71. The number of aliphatic carboxylic acids is 3. The van der Waals surface area contributed by atoms with E-state index in [0.29, 0.717) is 0 Å². The van der Waals surface area contributed by atoms with E-state index in [1.165, 1.54) is 20.8 Å². The first kappa shape index (κ1) is 31.7. The molecular weight excluding hydrogens is 344 g/mol. The Balaban J connectivity index is -0.0000000561. The van der Waals surface area contributed by atoms with Gasteiger partial charge in [-0.2, -0.15) is 0 Å². The Bertz CT molecular complexity index is 285. The monoisotopic (exact) mass is 359 g/mol. The van der Waals surface area contributed by atoms with Crippen LogP contribution in [-0.4, -0.2) is 22.6 Å². The molecule has 1 radical (unpaired) electrons. The standard InChI is InChI=1S/3C4H6O2.ClHO.Cr/c3*1-3(2)4(5)6;1-2;/h3*1H2,2H3,(H,5,6);2H;/q;;;;+3/p-3. The van der Waals surface area contributed by atoms with Gasteiger partial charge in [0.05, 0.1) is 29.8 Å². The van der Waals surface area contributed by atoms with Gasteiger partial charge in [0.1, 0.15) is 0 Å². The summed E-state index contributed by atoms with van der Waals surface area (Å²) < 4.78 is 6.47. The van der Waals surface area contributed by atoms with Crippen molar-refractivity contribution in [3.8, 4) is 0 Å². The van der Waals surface area contributed by atoms with Crippen LogP contribution in [0.4, 0.5) is 0 Å². The van der Waals surface area contributed by atoms with Gasteiger partial charge < -0.3 is 29.7 Å². The van der Waals surface area contributed by atoms with E-state index >= 15 is 0 Å². The van der Waals surface area contributed by atoms with Gasteiger partial charge in [0, 0.05) is 0 Å². The predicted octanol–water partition coefficient (Wildman–Crippen LogP) is -1.93. The van der Waals surface area contributed by atoms with Crippen LogP contribution in [0.2, 0.25) is 0 Å². The van der Waals surface area contributed by atoms with E-state index in [9.17, 15) is 29.7 Å². The SMILES string of the molecule is C=C(C)C(=O)[O-].C=C(C)C(=O)[O-].C=C(C)C(=O)[O-].OCl.[Cr+3]. The van der Waals surface area contributed by atoms with Crippen LogP contribution < -0.4 is 15.3 Å². The fourth-order valence-corrected chi connectivity index (χ4v) is 0. The Labute approximate surface area is 139 Å². The number of hydrogen-bond acceptors (Lipinski definition) is 7. The summed E-state index contributed by atoms with van der Waals surface area (Å²) in [6.45, 7) is 13.4. The molecule has 0 spiro atoms. The van der Waals surface area contributed by atoms with Crippen molar-refractivity contribution in [2.24, 2.45) is 0 Å². The molecule has 21 heavy (non-hydrogen) atoms. The van der Waals surface area contributed by atoms with Crippen LogP contribution in [0.25, 0.3) is 0 Å². The van der Waals surface area contributed by atoms with Crippen LogP contribution in [0.15, 0.2) is 36.5 Å². The van der Waals surface area contributed by atoms with Crippen molar-refractivity contribution in [2.45, 2.75) is 20.8 Å². The second-order valence-corrected chi connectivity index (χ2v) is 3.20. The molecular formula is C12H16ClCrO7. The second kappa shape index (κ2) is 20.7. The van der Waals surface area contributed by atoms with Gasteiger partial charge in [-0.3, -0.25) is 4.66 Å². The van der Waals surface area contributed by atoms with Gasteiger partial charge in [-0.05, 0) is 37.5 Å². The Hall–Kier alpha value is -1.59. The number of carboxylic acids is 3. The van der Waals surface area contributed by atoms with Crippen molar-refractivity contribution in [3.05, 3.63) is 36.5 Å². The molecule has 0 aliphatic carbocycles. The molecule has 0 fully saturated rings. The van der Waals surface area contributed by atoms with E-state index in [0.717, 1.165) is 0 Å². The summed E-state index contributed by atoms with van der Waals surface area (Å²) in [5.74, 6) is -3.56. The van der Waals surface area contributed by atoms with Crippen molar-refractivity contribution in [1.82, 2.24) is 0 Å². The zero-order chi connectivity index (χ0) is 17.5. The third-order valence-electron chi connectivity index (χ3n) is 1.05. The van der Waals surface area contributed by atoms with E-state index in [2.05, 4.69) is 31.6 Å². The molecule has 0 amide bonds. The molecule has 0 rings (SSSR count). The molecule has 9 heteroatoms. The molecule has 0 aliphatic heterocycles. The zero-order valence-corrected chi connectivity index (χ0v) is 13.8. The van der Waals surface area contributed by atoms with E-state index in [4.69, 9.17) is 4.66 Å². The third-order valence-corrected chi connectivity index (χ3v) is 1.05. The molecule has 0 bridgehead atoms. The molecule has 0 aliphatic rings. The van der Waals surface area contributed by atoms with Gasteiger partial charge in [0.25, 0.3) is 0 Å². The fourth-order valence-electron chi connectivity index (χ4n) is 0. The average Bonchev–Trinajstić information content (AvgIpc) is 2.32. The summed E-state index contributed by atoms with van der Waals surface area (Å²) in [6, 6.07) is 0. The summed E-state index contributed by atoms with van der Waals surface area (Å²) in [6.07, 6.45) is 0. The summed E-state index contributed by atoms with van der Waals surface area (Å²) >= 11 is 3.64. The first-order chi connectivity index (χ1) is 8.93. The Kier molecular flexibility index (Phi) is 31.3. The number of hydrogen-bond donors (Lipinski definition) is 1. The Morgan fingerprint density at radius 3 is 0.762 bits per heavy atom. The number of carboxylic acid groups (broad SMARTS) is 3. The van der Waals surface area contributed by atoms with Gasteiger partial charge in [0.15, 0.2) is 0 Å². The minimum Gasteiger partial charge on any atom is -0.545 e. The van der Waals surface area contributed by atoms with Crippen LogP contribution in [0.3, 0.4) is 0 Å². The summed E-state index contributed by atoms with van der Waals surface area (Å²) in [5.41, 5.74) is 0.194. The van der Waals surface area contributed by atoms with Crippen LogP contribution in [0.5, 0.6) is 0 Å². The number of halogens is 1. The van der Waals surface area contributed by atoms with Crippen LogP contribution >= 0.6 is 11.9 Å². The molecule has 119 valence electrons. The molecule has 0 aromatic carbocycles. The Morgan fingerprint density at radius 2 is 0.762 bits per heavy atom. The molecule has 0 saturated carbocycles. The molecule has 0 aromatic rings. The van der Waals surface area contributed by atoms with Crippen LogP contribution in [0, 0.1) is 0 Å². The van der Waals surface area contributed by atoms with Crippen LogP contribution in [-0.2, 0) is 31.7 Å². The molecule has 0 saturated heterocycles. The fraction of sp³-hybridized carbons (Fsp3) is 0.250. The van der Waals surface area contributed by atoms with E-state index < -0.39 is 17.9 Å². The number of carbonyl (C=O) groups is 3. The van der Waals surface area contributed by atoms with Crippen molar-refractivity contribution >= 4 is 29.8 Å². The molecule has 0 aromatic heterocycles. The molecule has 0 unspecified atom stereocenters.